The monoisotopic (exact) mass is 326 g/mol. The van der Waals surface area contributed by atoms with Gasteiger partial charge in [0, 0.05) is 0 Å². The highest BCUT2D eigenvalue weighted by Gasteiger charge is 2.49. The smallest absolute Gasteiger partial charge is 0.309 e. The fraction of sp³-hybridized carbons (Fsp3) is 0.467. The Morgan fingerprint density at radius 1 is 1.00 bits per heavy atom. The van der Waals surface area contributed by atoms with Crippen LogP contribution >= 0.6 is 0 Å². The van der Waals surface area contributed by atoms with Crippen LogP contribution in [0.4, 0.5) is 4.79 Å². The van der Waals surface area contributed by atoms with E-state index in [9.17, 15) is 13.2 Å². The summed E-state index contributed by atoms with van der Waals surface area (Å²) in [5.41, 5.74) is 8.50. The number of rotatable bonds is 3. The first kappa shape index (κ1) is 18.2. The van der Waals surface area contributed by atoms with Gasteiger partial charge in [-0.15, -0.1) is 0 Å². The summed E-state index contributed by atoms with van der Waals surface area (Å²) in [6.45, 7) is 1.41. The van der Waals surface area contributed by atoms with E-state index in [1.807, 2.05) is 0 Å². The molecule has 0 unspecified atom stereocenters. The Bertz CT molecular complexity index is 616. The fourth-order valence-electron chi connectivity index (χ4n) is 2.76. The molecule has 7 heteroatoms. The number of carbonyl (C=O) groups is 2. The molecule has 0 bridgehead atoms. The number of primary amides is 2. The van der Waals surface area contributed by atoms with Gasteiger partial charge in [0.1, 0.15) is 4.75 Å². The van der Waals surface area contributed by atoms with Crippen LogP contribution in [0.2, 0.25) is 0 Å². The van der Waals surface area contributed by atoms with Gasteiger partial charge in [-0.25, -0.2) is 13.2 Å². The average Bonchev–Trinajstić information content (AvgIpc) is 2.48. The summed E-state index contributed by atoms with van der Waals surface area (Å²) in [6.07, 6.45) is 3.55. The quantitative estimate of drug-likeness (QED) is 0.879. The van der Waals surface area contributed by atoms with E-state index in [1.165, 1.54) is 6.92 Å². The fourth-order valence-corrected chi connectivity index (χ4v) is 4.93. The van der Waals surface area contributed by atoms with E-state index in [2.05, 4.69) is 11.5 Å². The number of ketones is 1. The number of benzene rings is 1. The molecule has 0 heterocycles. The van der Waals surface area contributed by atoms with Crippen molar-refractivity contribution in [2.75, 3.05) is 0 Å². The molecule has 1 fully saturated rings. The van der Waals surface area contributed by atoms with Gasteiger partial charge in [-0.2, -0.15) is 0 Å². The van der Waals surface area contributed by atoms with Gasteiger partial charge < -0.3 is 11.5 Å². The van der Waals surface area contributed by atoms with E-state index in [1.54, 1.807) is 30.3 Å². The van der Waals surface area contributed by atoms with Crippen LogP contribution in [0.3, 0.4) is 0 Å². The third-order valence-electron chi connectivity index (χ3n) is 3.87. The van der Waals surface area contributed by atoms with E-state index in [-0.39, 0.29) is 10.7 Å². The second-order valence-electron chi connectivity index (χ2n) is 5.33. The summed E-state index contributed by atoms with van der Waals surface area (Å²) < 4.78 is 24.3. The molecule has 1 aromatic carbocycles. The Morgan fingerprint density at radius 3 is 1.86 bits per heavy atom. The van der Waals surface area contributed by atoms with Crippen LogP contribution in [0, 0.1) is 0 Å². The normalized spacial score (nSPS) is 17.0. The van der Waals surface area contributed by atoms with Gasteiger partial charge in [0.2, 0.25) is 0 Å². The highest BCUT2D eigenvalue weighted by molar-refractivity contribution is 7.93. The lowest BCUT2D eigenvalue weighted by molar-refractivity contribution is -0.120. The minimum atomic E-state index is -3.57. The highest BCUT2D eigenvalue weighted by Crippen LogP contribution is 2.39. The molecule has 22 heavy (non-hydrogen) atoms. The number of urea groups is 1. The minimum absolute atomic E-state index is 0.217. The van der Waals surface area contributed by atoms with Crippen molar-refractivity contribution >= 4 is 21.7 Å². The Hall–Kier alpha value is -1.89. The second kappa shape index (κ2) is 7.40. The third kappa shape index (κ3) is 3.85. The number of nitrogens with two attached hydrogens (primary N) is 2. The van der Waals surface area contributed by atoms with Crippen LogP contribution in [0.15, 0.2) is 35.2 Å². The van der Waals surface area contributed by atoms with Crippen LogP contribution in [-0.4, -0.2) is 25.0 Å². The highest BCUT2D eigenvalue weighted by atomic mass is 32.2. The molecule has 2 rings (SSSR count). The number of Topliss-reactive ketones (excluding diaryl/α,β-unsaturated/α-hetero) is 1. The molecule has 0 aliphatic heterocycles. The Balaban J connectivity index is 0.000000541. The standard InChI is InChI=1S/C14H18O3S.CH4N2O/c1-12(15)14(10-6-3-7-11-14)18(16,17)13-8-4-2-5-9-13;2-1(3)4/h2,4-5,8-9H,3,6-7,10-11H2,1H3;(H4,2,3,4). The lowest BCUT2D eigenvalue weighted by Gasteiger charge is -2.34. The van der Waals surface area contributed by atoms with E-state index in [0.717, 1.165) is 19.3 Å². The third-order valence-corrected chi connectivity index (χ3v) is 6.49. The molecular weight excluding hydrogens is 304 g/mol. The van der Waals surface area contributed by atoms with Gasteiger partial charge in [0.15, 0.2) is 15.6 Å². The summed E-state index contributed by atoms with van der Waals surface area (Å²) in [5, 5.41) is 0. The summed E-state index contributed by atoms with van der Waals surface area (Å²) in [7, 11) is -3.57. The summed E-state index contributed by atoms with van der Waals surface area (Å²) in [6, 6.07) is 7.50. The molecule has 4 N–H and O–H groups in total. The number of hydrogen-bond donors (Lipinski definition) is 2. The number of hydrogen-bond acceptors (Lipinski definition) is 4. The molecule has 0 aromatic heterocycles. The van der Waals surface area contributed by atoms with Crippen molar-refractivity contribution in [3.05, 3.63) is 30.3 Å². The van der Waals surface area contributed by atoms with Gasteiger partial charge in [-0.3, -0.25) is 4.79 Å². The minimum Gasteiger partial charge on any atom is -0.352 e. The zero-order valence-corrected chi connectivity index (χ0v) is 13.4. The van der Waals surface area contributed by atoms with Gasteiger partial charge in [-0.05, 0) is 31.9 Å². The molecule has 6 nitrogen and oxygen atoms in total. The van der Waals surface area contributed by atoms with Crippen molar-refractivity contribution in [3.63, 3.8) is 0 Å². The second-order valence-corrected chi connectivity index (χ2v) is 7.59. The van der Waals surface area contributed by atoms with Gasteiger partial charge >= 0.3 is 6.03 Å². The van der Waals surface area contributed by atoms with Crippen LogP contribution < -0.4 is 11.5 Å². The molecule has 122 valence electrons. The Morgan fingerprint density at radius 2 is 1.45 bits per heavy atom. The molecule has 1 saturated carbocycles. The van der Waals surface area contributed by atoms with Crippen molar-refractivity contribution < 1.29 is 18.0 Å². The zero-order chi connectivity index (χ0) is 16.8. The van der Waals surface area contributed by atoms with Crippen LogP contribution in [0.5, 0.6) is 0 Å². The average molecular weight is 326 g/mol. The van der Waals surface area contributed by atoms with E-state index in [0.29, 0.717) is 12.8 Å². The molecule has 0 spiro atoms. The molecule has 1 aromatic rings. The van der Waals surface area contributed by atoms with Crippen molar-refractivity contribution in [2.24, 2.45) is 11.5 Å². The van der Waals surface area contributed by atoms with E-state index < -0.39 is 20.6 Å². The Labute approximate surface area is 130 Å². The van der Waals surface area contributed by atoms with Gasteiger partial charge in [0.25, 0.3) is 0 Å². The van der Waals surface area contributed by atoms with E-state index >= 15 is 0 Å². The maximum Gasteiger partial charge on any atom is 0.309 e. The molecule has 2 amide bonds. The lowest BCUT2D eigenvalue weighted by atomic mass is 9.86. The van der Waals surface area contributed by atoms with Crippen molar-refractivity contribution in [2.45, 2.75) is 48.7 Å². The lowest BCUT2D eigenvalue weighted by Crippen LogP contribution is -2.46. The first-order chi connectivity index (χ1) is 10.2. The van der Waals surface area contributed by atoms with Crippen molar-refractivity contribution in [1.82, 2.24) is 0 Å². The SMILES string of the molecule is CC(=O)C1(S(=O)(=O)c2ccccc2)CCCCC1.NC(N)=O. The predicted octanol–water partition coefficient (Wildman–Crippen LogP) is 1.78. The molecule has 1 aliphatic rings. The van der Waals surface area contributed by atoms with Crippen LogP contribution in [0.1, 0.15) is 39.0 Å². The number of carbonyl (C=O) groups excluding carboxylic acids is 2. The van der Waals surface area contributed by atoms with E-state index in [4.69, 9.17) is 4.79 Å². The molecule has 0 radical (unpaired) electrons. The Kier molecular flexibility index (Phi) is 6.11. The summed E-state index contributed by atoms with van der Waals surface area (Å²) >= 11 is 0. The maximum absolute atomic E-state index is 12.7. The van der Waals surface area contributed by atoms with Gasteiger partial charge in [-0.1, -0.05) is 37.5 Å². The van der Waals surface area contributed by atoms with Crippen LogP contribution in [-0.2, 0) is 14.6 Å². The molecule has 0 saturated heterocycles. The number of sulfone groups is 1. The molecular formula is C15H22N2O4S. The van der Waals surface area contributed by atoms with Crippen molar-refractivity contribution in [1.29, 1.82) is 0 Å². The summed E-state index contributed by atoms with van der Waals surface area (Å²) in [4.78, 5) is 21.2. The topological polar surface area (TPSA) is 120 Å². The number of amides is 2. The first-order valence-electron chi connectivity index (χ1n) is 7.09. The first-order valence-corrected chi connectivity index (χ1v) is 8.58. The van der Waals surface area contributed by atoms with Crippen molar-refractivity contribution in [3.8, 4) is 0 Å². The van der Waals surface area contributed by atoms with Gasteiger partial charge in [0.05, 0.1) is 4.90 Å². The predicted molar refractivity (Wildman–Crippen MR) is 83.9 cm³/mol. The molecule has 1 aliphatic carbocycles. The maximum atomic E-state index is 12.7. The molecule has 0 atom stereocenters. The van der Waals surface area contributed by atoms with Crippen LogP contribution in [0.25, 0.3) is 0 Å². The summed E-state index contributed by atoms with van der Waals surface area (Å²) in [5.74, 6) is -0.217. The zero-order valence-electron chi connectivity index (χ0n) is 12.6. The largest absolute Gasteiger partial charge is 0.352 e.